The van der Waals surface area contributed by atoms with Gasteiger partial charge in [-0.2, -0.15) is 0 Å². The van der Waals surface area contributed by atoms with E-state index in [4.69, 9.17) is 4.74 Å². The number of fused-ring (bicyclic) bond motifs is 1. The normalized spacial score (nSPS) is 18.6. The number of likely N-dealkylation sites (tertiary alicyclic amines) is 1. The predicted molar refractivity (Wildman–Crippen MR) is 167 cm³/mol. The fourth-order valence-corrected chi connectivity index (χ4v) is 7.23. The van der Waals surface area contributed by atoms with Crippen LogP contribution >= 0.6 is 18.5 Å². The van der Waals surface area contributed by atoms with Crippen molar-refractivity contribution in [3.8, 4) is 17.6 Å². The average molecular weight is 624 g/mol. The van der Waals surface area contributed by atoms with E-state index in [2.05, 4.69) is 41.2 Å². The smallest absolute Gasteiger partial charge is 0.273 e. The molecule has 0 saturated carbocycles. The van der Waals surface area contributed by atoms with Crippen LogP contribution < -0.4 is 20.7 Å². The summed E-state index contributed by atoms with van der Waals surface area (Å²) in [5, 5.41) is 7.43. The van der Waals surface area contributed by atoms with E-state index in [0.717, 1.165) is 24.4 Å². The van der Waals surface area contributed by atoms with Crippen LogP contribution in [0.5, 0.6) is 5.75 Å². The summed E-state index contributed by atoms with van der Waals surface area (Å²) in [6.07, 6.45) is -6.22. The van der Waals surface area contributed by atoms with E-state index in [1.165, 1.54) is 7.11 Å². The van der Waals surface area contributed by atoms with Crippen LogP contribution in [-0.2, 0) is 4.57 Å². The maximum atomic E-state index is 15.1. The Morgan fingerprint density at radius 3 is 2.57 bits per heavy atom. The molecule has 1 saturated heterocycles. The maximum Gasteiger partial charge on any atom is 0.273 e. The van der Waals surface area contributed by atoms with Crippen LogP contribution in [0.15, 0.2) is 36.4 Å². The van der Waals surface area contributed by atoms with Gasteiger partial charge in [-0.3, -0.25) is 0 Å². The van der Waals surface area contributed by atoms with Gasteiger partial charge in [0.25, 0.3) is 6.43 Å². The Morgan fingerprint density at radius 1 is 1.17 bits per heavy atom. The fourth-order valence-electron chi connectivity index (χ4n) is 5.18. The molecule has 0 aliphatic carbocycles. The van der Waals surface area contributed by atoms with Crippen molar-refractivity contribution in [2.45, 2.75) is 45.1 Å². The van der Waals surface area contributed by atoms with Crippen LogP contribution in [0, 0.1) is 17.8 Å². The summed E-state index contributed by atoms with van der Waals surface area (Å²) in [6.45, 7) is 9.60. The van der Waals surface area contributed by atoms with Gasteiger partial charge in [-0.1, -0.05) is 37.8 Å². The highest BCUT2D eigenvalue weighted by Crippen LogP contribution is 2.42. The summed E-state index contributed by atoms with van der Waals surface area (Å²) in [7, 11) is -0.968. The van der Waals surface area contributed by atoms with Gasteiger partial charge in [0, 0.05) is 35.9 Å². The van der Waals surface area contributed by atoms with E-state index in [1.807, 2.05) is 0 Å². The molecular weight excluding hydrogens is 585 g/mol. The first-order valence-electron chi connectivity index (χ1n) is 14.0. The second-order valence-corrected chi connectivity index (χ2v) is 15.6. The highest BCUT2D eigenvalue weighted by atomic mass is 32.1. The summed E-state index contributed by atoms with van der Waals surface area (Å²) in [6, 6.07) is 9.82. The van der Waals surface area contributed by atoms with Gasteiger partial charge in [0.1, 0.15) is 19.1 Å². The first kappa shape index (κ1) is 32.2. The van der Waals surface area contributed by atoms with Gasteiger partial charge in [-0.15, -0.1) is 11.3 Å². The van der Waals surface area contributed by atoms with Gasteiger partial charge >= 0.3 is 0 Å². The Hall–Kier alpha value is -2.73. The molecule has 3 atom stereocenters. The number of hydrogen-bond donors (Lipinski definition) is 2. The number of methoxy groups -OCH3 is 1. The lowest BCUT2D eigenvalue weighted by atomic mass is 10.0. The van der Waals surface area contributed by atoms with Crippen LogP contribution in [0.1, 0.15) is 36.9 Å². The number of nitrogens with zero attached hydrogens (tertiary/aromatic N) is 1. The molecule has 0 spiro atoms. The van der Waals surface area contributed by atoms with E-state index in [9.17, 15) is 17.7 Å². The third kappa shape index (κ3) is 7.61. The molecule has 0 bridgehead atoms. The summed E-state index contributed by atoms with van der Waals surface area (Å²) in [5.74, 6) is 6.74. The quantitative estimate of drug-likeness (QED) is 0.140. The molecule has 1 aliphatic rings. The van der Waals surface area contributed by atoms with Crippen molar-refractivity contribution in [1.82, 2.24) is 4.90 Å². The Kier molecular flexibility index (Phi) is 10.5. The molecule has 5 nitrogen and oxygen atoms in total. The van der Waals surface area contributed by atoms with Crippen molar-refractivity contribution in [1.29, 1.82) is 0 Å². The molecule has 42 heavy (non-hydrogen) atoms. The molecule has 3 unspecified atom stereocenters. The molecule has 2 N–H and O–H groups in total. The van der Waals surface area contributed by atoms with E-state index in [1.54, 1.807) is 49.7 Å². The first-order chi connectivity index (χ1) is 19.9. The molecule has 0 radical (unpaired) electrons. The number of anilines is 2. The summed E-state index contributed by atoms with van der Waals surface area (Å²) < 4.78 is 75.7. The van der Waals surface area contributed by atoms with Crippen molar-refractivity contribution >= 4 is 45.2 Å². The minimum atomic E-state index is -3.21. The van der Waals surface area contributed by atoms with Gasteiger partial charge in [0.15, 0.2) is 6.17 Å². The lowest BCUT2D eigenvalue weighted by molar-refractivity contribution is 0.0504. The van der Waals surface area contributed by atoms with Crippen LogP contribution in [0.2, 0.25) is 0 Å². The molecule has 0 amide bonds. The molecule has 1 aromatic heterocycles. The molecule has 3 aromatic rings. The largest absolute Gasteiger partial charge is 0.495 e. The number of piperidine rings is 1. The standard InChI is InChI=1S/C31H38F4N3O2PS/c1-19(2)17-38-15-13-23(22(32)18-38)37-25-9-6-8-21-28(29(33)31(34)35)27(42-30(21)25)10-7-14-36-24-12-11-20(41(4,5)39)16-26(24)40-3/h6,8-9,11-12,16,19,22-23,29,31,36-37H,13-15,17-18H2,1-5H3. The highest BCUT2D eigenvalue weighted by Gasteiger charge is 2.32. The minimum Gasteiger partial charge on any atom is -0.495 e. The van der Waals surface area contributed by atoms with Crippen molar-refractivity contribution in [2.24, 2.45) is 5.92 Å². The number of rotatable bonds is 10. The second-order valence-electron chi connectivity index (χ2n) is 11.4. The van der Waals surface area contributed by atoms with Crippen molar-refractivity contribution < 1.29 is 26.9 Å². The lowest BCUT2D eigenvalue weighted by Gasteiger charge is -2.36. The molecule has 1 fully saturated rings. The topological polar surface area (TPSA) is 53.6 Å². The van der Waals surface area contributed by atoms with Crippen LogP contribution in [0.4, 0.5) is 28.9 Å². The van der Waals surface area contributed by atoms with Gasteiger partial charge < -0.3 is 24.8 Å². The van der Waals surface area contributed by atoms with Gasteiger partial charge in [0.05, 0.1) is 40.6 Å². The maximum absolute atomic E-state index is 15.1. The summed E-state index contributed by atoms with van der Waals surface area (Å²) >= 11 is 1.13. The molecule has 228 valence electrons. The number of alkyl halides is 4. The summed E-state index contributed by atoms with van der Waals surface area (Å²) in [5.41, 5.74) is 1.07. The Balaban J connectivity index is 1.58. The zero-order valence-electron chi connectivity index (χ0n) is 24.5. The minimum absolute atomic E-state index is 0.133. The lowest BCUT2D eigenvalue weighted by Crippen LogP contribution is -2.48. The number of nitrogens with one attached hydrogen (secondary N) is 2. The number of thiophene rings is 1. The van der Waals surface area contributed by atoms with Gasteiger partial charge in [0.2, 0.25) is 0 Å². The van der Waals surface area contributed by atoms with E-state index in [-0.39, 0.29) is 17.0 Å². The average Bonchev–Trinajstić information content (AvgIpc) is 3.30. The van der Waals surface area contributed by atoms with Gasteiger partial charge in [-0.25, -0.2) is 17.6 Å². The second kappa shape index (κ2) is 13.7. The molecule has 1 aliphatic heterocycles. The zero-order valence-corrected chi connectivity index (χ0v) is 26.2. The highest BCUT2D eigenvalue weighted by molar-refractivity contribution is 7.70. The van der Waals surface area contributed by atoms with Crippen molar-refractivity contribution in [3.63, 3.8) is 0 Å². The Labute approximate surface area is 249 Å². The molecular formula is C31H38F4N3O2PS. The third-order valence-electron chi connectivity index (χ3n) is 7.22. The predicted octanol–water partition coefficient (Wildman–Crippen LogP) is 7.38. The summed E-state index contributed by atoms with van der Waals surface area (Å²) in [4.78, 5) is 2.32. The molecule has 2 aromatic carbocycles. The first-order valence-corrected chi connectivity index (χ1v) is 17.4. The SMILES string of the molecule is COc1cc(P(C)(C)=O)ccc1NCC#Cc1sc2c(NC3CCN(CC(C)C)CC3F)cccc2c1C(F)C(F)F. The molecule has 2 heterocycles. The Morgan fingerprint density at radius 2 is 1.93 bits per heavy atom. The zero-order chi connectivity index (χ0) is 30.6. The van der Waals surface area contributed by atoms with Crippen molar-refractivity contribution in [2.75, 3.05) is 57.3 Å². The Bertz CT molecular complexity index is 1500. The third-order valence-corrected chi connectivity index (χ3v) is 9.91. The number of hydrogen-bond acceptors (Lipinski definition) is 6. The van der Waals surface area contributed by atoms with Gasteiger partial charge in [-0.05, 0) is 49.9 Å². The van der Waals surface area contributed by atoms with E-state index >= 15 is 4.39 Å². The monoisotopic (exact) mass is 623 g/mol. The van der Waals surface area contributed by atoms with Crippen LogP contribution in [0.25, 0.3) is 10.1 Å². The fraction of sp³-hybridized carbons (Fsp3) is 0.484. The van der Waals surface area contributed by atoms with E-state index < -0.39 is 32.0 Å². The molecule has 11 heteroatoms. The van der Waals surface area contributed by atoms with E-state index in [0.29, 0.717) is 51.4 Å². The van der Waals surface area contributed by atoms with Crippen LogP contribution in [-0.4, -0.2) is 70.2 Å². The molecule has 4 rings (SSSR count). The van der Waals surface area contributed by atoms with Crippen molar-refractivity contribution in [3.05, 3.63) is 46.8 Å². The number of halogens is 4. The number of benzene rings is 2. The number of ether oxygens (including phenoxy) is 1. The van der Waals surface area contributed by atoms with Crippen LogP contribution in [0.3, 0.4) is 0 Å².